The first kappa shape index (κ1) is 14.2. The molecule has 0 aliphatic carbocycles. The summed E-state index contributed by atoms with van der Waals surface area (Å²) in [7, 11) is 0. The van der Waals surface area contributed by atoms with Gasteiger partial charge in [-0.3, -0.25) is 14.5 Å². The highest BCUT2D eigenvalue weighted by atomic mass is 32.1. The molecular formula is C14H13N3O2S2. The molecule has 2 aromatic carbocycles. The minimum atomic E-state index is -0.370. The van der Waals surface area contributed by atoms with Gasteiger partial charge in [0.2, 0.25) is 0 Å². The second-order valence-corrected chi connectivity index (χ2v) is 5.82. The number of nitrogens with two attached hydrogens (primary N) is 2. The molecule has 21 heavy (non-hydrogen) atoms. The summed E-state index contributed by atoms with van der Waals surface area (Å²) in [6, 6.07) is 4.98. The van der Waals surface area contributed by atoms with Gasteiger partial charge < -0.3 is 11.5 Å². The van der Waals surface area contributed by atoms with Crippen molar-refractivity contribution < 1.29 is 9.59 Å². The number of rotatable bonds is 2. The van der Waals surface area contributed by atoms with Crippen LogP contribution >= 0.6 is 25.3 Å². The van der Waals surface area contributed by atoms with Crippen LogP contribution in [-0.2, 0) is 0 Å². The van der Waals surface area contributed by atoms with Crippen molar-refractivity contribution in [2.75, 3.05) is 18.8 Å². The SMILES string of the molecule is NCCN1C(=O)c2cc(S)cc3c(N)c(S)cc(c23)C1=O. The van der Waals surface area contributed by atoms with Crippen molar-refractivity contribution in [1.29, 1.82) is 0 Å². The number of amides is 2. The Balaban J connectivity index is 2.43. The van der Waals surface area contributed by atoms with E-state index in [1.165, 1.54) is 0 Å². The minimum absolute atomic E-state index is 0.168. The standard InChI is InChI=1S/C14H13N3O2S2/c15-1-2-17-13(18)8-4-6(20)3-7-11(8)9(14(17)19)5-10(21)12(7)16/h3-5,20-21H,1-2,15-16H2. The molecule has 0 saturated carbocycles. The van der Waals surface area contributed by atoms with E-state index in [1.54, 1.807) is 18.2 Å². The Bertz CT molecular complexity index is 782. The molecule has 0 atom stereocenters. The van der Waals surface area contributed by atoms with Crippen LogP contribution in [0.3, 0.4) is 0 Å². The lowest BCUT2D eigenvalue weighted by molar-refractivity contribution is 0.0615. The Morgan fingerprint density at radius 3 is 2.29 bits per heavy atom. The largest absolute Gasteiger partial charge is 0.397 e. The Labute approximate surface area is 132 Å². The molecule has 2 aromatic rings. The summed E-state index contributed by atoms with van der Waals surface area (Å²) >= 11 is 8.61. The minimum Gasteiger partial charge on any atom is -0.397 e. The molecular weight excluding hydrogens is 306 g/mol. The highest BCUT2D eigenvalue weighted by Crippen LogP contribution is 2.38. The quantitative estimate of drug-likeness (QED) is 0.384. The number of carbonyl (C=O) groups excluding carboxylic acids is 2. The van der Waals surface area contributed by atoms with Crippen LogP contribution in [0.4, 0.5) is 5.69 Å². The second kappa shape index (κ2) is 4.94. The van der Waals surface area contributed by atoms with Gasteiger partial charge in [0.05, 0.1) is 5.69 Å². The van der Waals surface area contributed by atoms with Crippen molar-refractivity contribution in [2.45, 2.75) is 9.79 Å². The van der Waals surface area contributed by atoms with Crippen molar-refractivity contribution in [3.8, 4) is 0 Å². The summed E-state index contributed by atoms with van der Waals surface area (Å²) in [5.41, 5.74) is 12.8. The van der Waals surface area contributed by atoms with Crippen LogP contribution in [0.2, 0.25) is 0 Å². The third-order valence-corrected chi connectivity index (χ3v) is 4.17. The average molecular weight is 319 g/mol. The van der Waals surface area contributed by atoms with Gasteiger partial charge in [-0.1, -0.05) is 0 Å². The fourth-order valence-electron chi connectivity index (χ4n) is 2.61. The number of hydrogen-bond donors (Lipinski definition) is 4. The molecule has 7 heteroatoms. The summed E-state index contributed by atoms with van der Waals surface area (Å²) in [6.45, 7) is 0.376. The molecule has 0 radical (unpaired) electrons. The zero-order chi connectivity index (χ0) is 15.3. The average Bonchev–Trinajstić information content (AvgIpc) is 2.45. The van der Waals surface area contributed by atoms with Crippen LogP contribution in [0.15, 0.2) is 28.0 Å². The van der Waals surface area contributed by atoms with Gasteiger partial charge in [0, 0.05) is 44.8 Å². The molecule has 1 heterocycles. The fourth-order valence-corrected chi connectivity index (χ4v) is 3.11. The van der Waals surface area contributed by atoms with Crippen molar-refractivity contribution >= 4 is 53.5 Å². The van der Waals surface area contributed by atoms with Gasteiger partial charge >= 0.3 is 0 Å². The number of benzene rings is 2. The van der Waals surface area contributed by atoms with Crippen LogP contribution in [0.25, 0.3) is 10.8 Å². The van der Waals surface area contributed by atoms with Crippen molar-refractivity contribution in [1.82, 2.24) is 4.90 Å². The number of thiol groups is 2. The van der Waals surface area contributed by atoms with Crippen LogP contribution in [0.5, 0.6) is 0 Å². The van der Waals surface area contributed by atoms with Gasteiger partial charge in [-0.15, -0.1) is 25.3 Å². The zero-order valence-electron chi connectivity index (χ0n) is 11.0. The number of hydrogen-bond acceptors (Lipinski definition) is 6. The fraction of sp³-hybridized carbons (Fsp3) is 0.143. The highest BCUT2D eigenvalue weighted by Gasteiger charge is 2.33. The van der Waals surface area contributed by atoms with E-state index in [1.807, 2.05) is 0 Å². The maximum absolute atomic E-state index is 12.5. The number of imide groups is 1. The molecule has 0 aromatic heterocycles. The van der Waals surface area contributed by atoms with E-state index in [0.717, 1.165) is 4.90 Å². The smallest absolute Gasteiger partial charge is 0.261 e. The normalized spacial score (nSPS) is 14.1. The van der Waals surface area contributed by atoms with Crippen molar-refractivity contribution in [3.63, 3.8) is 0 Å². The summed E-state index contributed by atoms with van der Waals surface area (Å²) in [4.78, 5) is 27.3. The van der Waals surface area contributed by atoms with E-state index in [4.69, 9.17) is 11.5 Å². The summed E-state index contributed by atoms with van der Waals surface area (Å²) in [5.74, 6) is -0.740. The van der Waals surface area contributed by atoms with Gasteiger partial charge in [0.1, 0.15) is 0 Å². The zero-order valence-corrected chi connectivity index (χ0v) is 12.7. The van der Waals surface area contributed by atoms with Crippen LogP contribution < -0.4 is 11.5 Å². The monoisotopic (exact) mass is 319 g/mol. The van der Waals surface area contributed by atoms with Gasteiger partial charge in [-0.25, -0.2) is 0 Å². The lowest BCUT2D eigenvalue weighted by atomic mass is 9.93. The molecule has 0 bridgehead atoms. The molecule has 1 aliphatic rings. The first-order valence-electron chi connectivity index (χ1n) is 6.30. The first-order chi connectivity index (χ1) is 9.95. The molecule has 0 spiro atoms. The molecule has 1 aliphatic heterocycles. The Kier molecular flexibility index (Phi) is 3.35. The van der Waals surface area contributed by atoms with Crippen molar-refractivity contribution in [2.24, 2.45) is 5.73 Å². The summed E-state index contributed by atoms with van der Waals surface area (Å²) in [5, 5.41) is 1.18. The predicted molar refractivity (Wildman–Crippen MR) is 87.3 cm³/mol. The number of anilines is 1. The predicted octanol–water partition coefficient (Wildman–Crippen LogP) is 1.55. The van der Waals surface area contributed by atoms with Gasteiger partial charge in [0.25, 0.3) is 11.8 Å². The molecule has 0 fully saturated rings. The van der Waals surface area contributed by atoms with E-state index >= 15 is 0 Å². The molecule has 108 valence electrons. The van der Waals surface area contributed by atoms with Crippen LogP contribution in [0.1, 0.15) is 20.7 Å². The Morgan fingerprint density at radius 1 is 1.05 bits per heavy atom. The van der Waals surface area contributed by atoms with Gasteiger partial charge in [-0.2, -0.15) is 0 Å². The van der Waals surface area contributed by atoms with E-state index in [9.17, 15) is 9.59 Å². The Hall–Kier alpha value is -1.70. The molecule has 0 saturated heterocycles. The molecule has 3 rings (SSSR count). The highest BCUT2D eigenvalue weighted by molar-refractivity contribution is 7.80. The number of nitrogen functional groups attached to an aromatic ring is 1. The Morgan fingerprint density at radius 2 is 1.67 bits per heavy atom. The lowest BCUT2D eigenvalue weighted by Gasteiger charge is -2.27. The van der Waals surface area contributed by atoms with Gasteiger partial charge in [0.15, 0.2) is 0 Å². The molecule has 5 nitrogen and oxygen atoms in total. The third-order valence-electron chi connectivity index (χ3n) is 3.54. The molecule has 2 amide bonds. The molecule has 4 N–H and O–H groups in total. The van der Waals surface area contributed by atoms with E-state index in [-0.39, 0.29) is 24.9 Å². The summed E-state index contributed by atoms with van der Waals surface area (Å²) < 4.78 is 0. The van der Waals surface area contributed by atoms with E-state index < -0.39 is 0 Å². The van der Waals surface area contributed by atoms with Crippen LogP contribution in [0, 0.1) is 0 Å². The first-order valence-corrected chi connectivity index (χ1v) is 7.19. The van der Waals surface area contributed by atoms with Gasteiger partial charge in [-0.05, 0) is 18.2 Å². The van der Waals surface area contributed by atoms with E-state index in [2.05, 4.69) is 25.3 Å². The third kappa shape index (κ3) is 2.00. The van der Waals surface area contributed by atoms with Crippen molar-refractivity contribution in [3.05, 3.63) is 29.3 Å². The molecule has 0 unspecified atom stereocenters. The lowest BCUT2D eigenvalue weighted by Crippen LogP contribution is -2.43. The van der Waals surface area contributed by atoms with Crippen LogP contribution in [-0.4, -0.2) is 29.8 Å². The topological polar surface area (TPSA) is 89.4 Å². The maximum atomic E-state index is 12.5. The number of nitrogens with zero attached hydrogens (tertiary/aromatic N) is 1. The summed E-state index contributed by atoms with van der Waals surface area (Å²) in [6.07, 6.45) is 0. The van der Waals surface area contributed by atoms with E-state index in [0.29, 0.717) is 37.4 Å². The maximum Gasteiger partial charge on any atom is 0.261 e. The number of carbonyl (C=O) groups is 2. The second-order valence-electron chi connectivity index (χ2n) is 4.82.